The molecule has 2 heterocycles. The minimum atomic E-state index is -2.98. The number of halogens is 6. The van der Waals surface area contributed by atoms with Crippen LogP contribution in [-0.2, 0) is 0 Å². The van der Waals surface area contributed by atoms with Gasteiger partial charge in [0.1, 0.15) is 22.4 Å². The van der Waals surface area contributed by atoms with E-state index in [2.05, 4.69) is 31.2 Å². The number of hydrogen-bond acceptors (Lipinski definition) is 4. The van der Waals surface area contributed by atoms with Gasteiger partial charge in [0.15, 0.2) is 0 Å². The van der Waals surface area contributed by atoms with Crippen molar-refractivity contribution in [2.45, 2.75) is 43.1 Å². The van der Waals surface area contributed by atoms with Crippen molar-refractivity contribution in [3.8, 4) is 0 Å². The number of benzene rings is 1. The Kier molecular flexibility index (Phi) is 5.48. The Morgan fingerprint density at radius 2 is 1.90 bits per heavy atom. The van der Waals surface area contributed by atoms with E-state index in [0.29, 0.717) is 11.2 Å². The molecular formula is C20H16BrF5N4O. The molecule has 11 heteroatoms. The first-order valence-corrected chi connectivity index (χ1v) is 10.2. The van der Waals surface area contributed by atoms with Crippen molar-refractivity contribution in [3.63, 3.8) is 0 Å². The number of aryl methyl sites for hydroxylation is 1. The summed E-state index contributed by atoms with van der Waals surface area (Å²) in [6, 6.07) is 4.23. The zero-order valence-corrected chi connectivity index (χ0v) is 17.6. The monoisotopic (exact) mass is 502 g/mol. The molecule has 0 bridgehead atoms. The van der Waals surface area contributed by atoms with Crippen molar-refractivity contribution in [1.29, 1.82) is 0 Å². The smallest absolute Gasteiger partial charge is 0.266 e. The number of fused-ring (bicyclic) bond motifs is 1. The second kappa shape index (κ2) is 7.85. The van der Waals surface area contributed by atoms with Gasteiger partial charge in [-0.3, -0.25) is 4.79 Å². The highest BCUT2D eigenvalue weighted by molar-refractivity contribution is 9.09. The summed E-state index contributed by atoms with van der Waals surface area (Å²) in [5.41, 5.74) is -0.978. The Balaban J connectivity index is 1.74. The van der Waals surface area contributed by atoms with Crippen LogP contribution < -0.4 is 10.9 Å². The van der Waals surface area contributed by atoms with Crippen LogP contribution in [0, 0.1) is 12.7 Å². The number of aromatic nitrogens is 3. The summed E-state index contributed by atoms with van der Waals surface area (Å²) in [4.78, 5) is 19.9. The molecule has 1 aliphatic rings. The lowest BCUT2D eigenvalue weighted by atomic mass is 9.88. The maximum Gasteiger partial charge on any atom is 0.266 e. The van der Waals surface area contributed by atoms with Crippen LogP contribution in [0.5, 0.6) is 0 Å². The van der Waals surface area contributed by atoms with Gasteiger partial charge in [0, 0.05) is 36.7 Å². The van der Waals surface area contributed by atoms with Gasteiger partial charge in [-0.1, -0.05) is 34.1 Å². The molecule has 0 radical (unpaired) electrons. The van der Waals surface area contributed by atoms with E-state index in [1.165, 1.54) is 29.0 Å². The van der Waals surface area contributed by atoms with Crippen molar-refractivity contribution in [3.05, 3.63) is 63.6 Å². The Bertz CT molecular complexity index is 1210. The van der Waals surface area contributed by atoms with Gasteiger partial charge in [0.2, 0.25) is 0 Å². The maximum atomic E-state index is 14.5. The molecule has 2 aromatic heterocycles. The summed E-state index contributed by atoms with van der Waals surface area (Å²) in [5.74, 6) is -3.36. The van der Waals surface area contributed by atoms with Crippen molar-refractivity contribution in [1.82, 2.24) is 14.5 Å². The summed E-state index contributed by atoms with van der Waals surface area (Å²) in [6.45, 7) is 1.59. The zero-order valence-electron chi connectivity index (χ0n) is 16.1. The summed E-state index contributed by atoms with van der Waals surface area (Å²) in [7, 11) is 0. The van der Waals surface area contributed by atoms with Crippen LogP contribution in [0.3, 0.4) is 0 Å². The first kappa shape index (κ1) is 21.7. The van der Waals surface area contributed by atoms with E-state index < -0.39 is 53.1 Å². The lowest BCUT2D eigenvalue weighted by Gasteiger charge is -2.36. The van der Waals surface area contributed by atoms with E-state index >= 15 is 0 Å². The number of rotatable bonds is 5. The van der Waals surface area contributed by atoms with E-state index in [9.17, 15) is 26.7 Å². The summed E-state index contributed by atoms with van der Waals surface area (Å²) in [6.07, 6.45) is -2.47. The van der Waals surface area contributed by atoms with Crippen LogP contribution in [0.4, 0.5) is 27.8 Å². The average Bonchev–Trinajstić information content (AvgIpc) is 2.65. The topological polar surface area (TPSA) is 59.8 Å². The van der Waals surface area contributed by atoms with E-state index in [0.717, 1.165) is 6.07 Å². The van der Waals surface area contributed by atoms with Crippen molar-refractivity contribution >= 4 is 32.7 Å². The molecular weight excluding hydrogens is 487 g/mol. The van der Waals surface area contributed by atoms with Crippen LogP contribution in [0.15, 0.2) is 35.3 Å². The summed E-state index contributed by atoms with van der Waals surface area (Å²) >= 11 is 3.24. The number of anilines is 1. The number of alkyl halides is 5. The van der Waals surface area contributed by atoms with Gasteiger partial charge in [-0.15, -0.1) is 0 Å². The van der Waals surface area contributed by atoms with Crippen LogP contribution in [0.1, 0.15) is 47.2 Å². The van der Waals surface area contributed by atoms with Gasteiger partial charge in [-0.05, 0) is 6.92 Å². The molecule has 5 nitrogen and oxygen atoms in total. The molecule has 4 rings (SSSR count). The fourth-order valence-electron chi connectivity index (χ4n) is 3.59. The predicted octanol–water partition coefficient (Wildman–Crippen LogP) is 5.65. The van der Waals surface area contributed by atoms with Crippen LogP contribution in [-0.4, -0.2) is 20.5 Å². The molecule has 0 saturated heterocycles. The third kappa shape index (κ3) is 4.15. The molecule has 0 amide bonds. The second-order valence-corrected chi connectivity index (χ2v) is 8.33. The minimum Gasteiger partial charge on any atom is -0.353 e. The Hall–Kier alpha value is -2.56. The second-order valence-electron chi connectivity index (χ2n) is 7.41. The lowest BCUT2D eigenvalue weighted by molar-refractivity contribution is -0.104. The standard InChI is InChI=1S/C20H16BrF5N4O/c1-9-27-14-5-15(31)30(10-6-20(25,26)7-10)8-13(14)19(28-9)29-17(21)11-3-2-4-12(16(11)22)18(23)24/h2-5,8,10,17-18H,6-7H2,1H3,(H,27,28,29). The third-order valence-electron chi connectivity index (χ3n) is 5.16. The van der Waals surface area contributed by atoms with Crippen molar-refractivity contribution in [2.75, 3.05) is 5.32 Å². The number of nitrogens with one attached hydrogen (secondary N) is 1. The fourth-order valence-corrected chi connectivity index (χ4v) is 4.16. The molecule has 0 spiro atoms. The predicted molar refractivity (Wildman–Crippen MR) is 108 cm³/mol. The first-order chi connectivity index (χ1) is 14.6. The lowest BCUT2D eigenvalue weighted by Crippen LogP contribution is -2.40. The van der Waals surface area contributed by atoms with Crippen molar-refractivity contribution in [2.24, 2.45) is 0 Å². The van der Waals surface area contributed by atoms with Crippen molar-refractivity contribution < 1.29 is 22.0 Å². The SMILES string of the molecule is Cc1nc(NC(Br)c2cccc(C(F)F)c2F)c2cn(C3CC(F)(F)C3)c(=O)cc2n1. The Morgan fingerprint density at radius 1 is 1.23 bits per heavy atom. The van der Waals surface area contributed by atoms with E-state index in [1.807, 2.05) is 0 Å². The molecule has 1 unspecified atom stereocenters. The number of hydrogen-bond donors (Lipinski definition) is 1. The van der Waals surface area contributed by atoms with Gasteiger partial charge in [0.05, 0.1) is 16.5 Å². The van der Waals surface area contributed by atoms with Gasteiger partial charge < -0.3 is 9.88 Å². The van der Waals surface area contributed by atoms with Gasteiger partial charge in [-0.2, -0.15) is 0 Å². The highest BCUT2D eigenvalue weighted by Gasteiger charge is 2.46. The molecule has 1 aromatic carbocycles. The van der Waals surface area contributed by atoms with Crippen LogP contribution in [0.2, 0.25) is 0 Å². The van der Waals surface area contributed by atoms with E-state index in [1.54, 1.807) is 6.92 Å². The Morgan fingerprint density at radius 3 is 2.55 bits per heavy atom. The zero-order chi connectivity index (χ0) is 22.5. The first-order valence-electron chi connectivity index (χ1n) is 9.31. The normalized spacial score (nSPS) is 17.0. The highest BCUT2D eigenvalue weighted by Crippen LogP contribution is 2.45. The average molecular weight is 503 g/mol. The third-order valence-corrected chi connectivity index (χ3v) is 5.88. The molecule has 1 fully saturated rings. The maximum absolute atomic E-state index is 14.5. The largest absolute Gasteiger partial charge is 0.353 e. The van der Waals surface area contributed by atoms with Gasteiger partial charge in [0.25, 0.3) is 17.9 Å². The number of pyridine rings is 1. The Labute approximate surface area is 181 Å². The fraction of sp³-hybridized carbons (Fsp3) is 0.350. The van der Waals surface area contributed by atoms with Gasteiger partial charge >= 0.3 is 0 Å². The molecule has 164 valence electrons. The quantitative estimate of drug-likeness (QED) is 0.278. The molecule has 1 aliphatic carbocycles. The molecule has 1 saturated carbocycles. The summed E-state index contributed by atoms with van der Waals surface area (Å²) in [5, 5.41) is 3.26. The molecule has 3 aromatic rings. The highest BCUT2D eigenvalue weighted by atomic mass is 79.9. The van der Waals surface area contributed by atoms with E-state index in [4.69, 9.17) is 0 Å². The van der Waals surface area contributed by atoms with Gasteiger partial charge in [-0.25, -0.2) is 31.9 Å². The van der Waals surface area contributed by atoms with E-state index in [-0.39, 0.29) is 16.9 Å². The molecule has 0 aliphatic heterocycles. The molecule has 1 N–H and O–H groups in total. The summed E-state index contributed by atoms with van der Waals surface area (Å²) < 4.78 is 68.4. The number of nitrogens with zero attached hydrogens (tertiary/aromatic N) is 3. The van der Waals surface area contributed by atoms with Crippen LogP contribution >= 0.6 is 15.9 Å². The van der Waals surface area contributed by atoms with Crippen LogP contribution in [0.25, 0.3) is 10.9 Å². The minimum absolute atomic E-state index is 0.0610. The molecule has 1 atom stereocenters. The molecule has 31 heavy (non-hydrogen) atoms.